The highest BCUT2D eigenvalue weighted by Crippen LogP contribution is 2.34. The predicted octanol–water partition coefficient (Wildman–Crippen LogP) is 1.92. The van der Waals surface area contributed by atoms with Crippen molar-refractivity contribution in [3.63, 3.8) is 0 Å². The van der Waals surface area contributed by atoms with E-state index in [0.717, 1.165) is 5.56 Å². The van der Waals surface area contributed by atoms with Crippen molar-refractivity contribution in [1.29, 1.82) is 0 Å². The van der Waals surface area contributed by atoms with E-state index in [2.05, 4.69) is 11.9 Å². The Bertz CT molecular complexity index is 487. The summed E-state index contributed by atoms with van der Waals surface area (Å²) in [5.41, 5.74) is 0.759. The number of benzene rings is 1. The lowest BCUT2D eigenvalue weighted by Gasteiger charge is -2.12. The van der Waals surface area contributed by atoms with Gasteiger partial charge in [-0.15, -0.1) is 6.58 Å². The van der Waals surface area contributed by atoms with Crippen molar-refractivity contribution in [3.05, 3.63) is 36.4 Å². The molecule has 20 heavy (non-hydrogen) atoms. The number of rotatable bonds is 7. The molecule has 1 aromatic carbocycles. The number of amides is 1. The first-order valence-electron chi connectivity index (χ1n) is 6.66. The van der Waals surface area contributed by atoms with Gasteiger partial charge in [0.1, 0.15) is 0 Å². The monoisotopic (exact) mass is 277 g/mol. The van der Waals surface area contributed by atoms with E-state index in [9.17, 15) is 9.90 Å². The van der Waals surface area contributed by atoms with Gasteiger partial charge in [-0.3, -0.25) is 4.79 Å². The van der Waals surface area contributed by atoms with E-state index in [4.69, 9.17) is 9.47 Å². The summed E-state index contributed by atoms with van der Waals surface area (Å²) in [5, 5.41) is 12.8. The first-order chi connectivity index (χ1) is 9.70. The Kier molecular flexibility index (Phi) is 5.01. The highest BCUT2D eigenvalue weighted by atomic mass is 16.7. The topological polar surface area (TPSA) is 67.8 Å². The maximum absolute atomic E-state index is 11.4. The number of hydrogen-bond donors (Lipinski definition) is 2. The van der Waals surface area contributed by atoms with Crippen molar-refractivity contribution in [2.24, 2.45) is 0 Å². The van der Waals surface area contributed by atoms with E-state index in [1.165, 1.54) is 0 Å². The van der Waals surface area contributed by atoms with Crippen molar-refractivity contribution in [2.75, 3.05) is 13.3 Å². The molecule has 0 bridgehead atoms. The van der Waals surface area contributed by atoms with Crippen molar-refractivity contribution < 1.29 is 19.4 Å². The summed E-state index contributed by atoms with van der Waals surface area (Å²) in [6, 6.07) is 5.35. The molecular weight excluding hydrogens is 258 g/mol. The fraction of sp³-hybridized carbons (Fsp3) is 0.400. The SMILES string of the molecule is C=CCCC(=O)NCCC(O)c1ccc2c(c1)OCO2. The number of hydrogen-bond acceptors (Lipinski definition) is 4. The zero-order chi connectivity index (χ0) is 14.4. The second kappa shape index (κ2) is 6.96. The van der Waals surface area contributed by atoms with Crippen molar-refractivity contribution in [3.8, 4) is 11.5 Å². The zero-order valence-electron chi connectivity index (χ0n) is 11.3. The van der Waals surface area contributed by atoms with E-state index >= 15 is 0 Å². The molecule has 1 heterocycles. The maximum Gasteiger partial charge on any atom is 0.231 e. The number of aliphatic hydroxyl groups excluding tert-OH is 1. The molecule has 1 aromatic rings. The Labute approximate surface area is 118 Å². The third-order valence-electron chi connectivity index (χ3n) is 3.10. The molecule has 1 unspecified atom stereocenters. The Hall–Kier alpha value is -2.01. The van der Waals surface area contributed by atoms with Crippen LogP contribution in [0.25, 0.3) is 0 Å². The lowest BCUT2D eigenvalue weighted by atomic mass is 10.1. The molecule has 0 fully saturated rings. The average Bonchev–Trinajstić information content (AvgIpc) is 2.92. The van der Waals surface area contributed by atoms with Gasteiger partial charge in [0.2, 0.25) is 12.7 Å². The van der Waals surface area contributed by atoms with E-state index in [-0.39, 0.29) is 12.7 Å². The molecule has 2 N–H and O–H groups in total. The summed E-state index contributed by atoms with van der Waals surface area (Å²) in [6.45, 7) is 4.22. The molecule has 108 valence electrons. The van der Waals surface area contributed by atoms with Gasteiger partial charge in [-0.1, -0.05) is 12.1 Å². The van der Waals surface area contributed by atoms with Gasteiger partial charge in [0.25, 0.3) is 0 Å². The zero-order valence-corrected chi connectivity index (χ0v) is 11.3. The second-order valence-electron chi connectivity index (χ2n) is 4.59. The minimum absolute atomic E-state index is 0.0252. The van der Waals surface area contributed by atoms with Gasteiger partial charge in [0.15, 0.2) is 11.5 Å². The van der Waals surface area contributed by atoms with E-state index < -0.39 is 6.10 Å². The molecule has 1 aliphatic rings. The smallest absolute Gasteiger partial charge is 0.231 e. The van der Waals surface area contributed by atoms with Crippen molar-refractivity contribution >= 4 is 5.91 Å². The largest absolute Gasteiger partial charge is 0.454 e. The van der Waals surface area contributed by atoms with Crippen LogP contribution in [0.1, 0.15) is 30.9 Å². The van der Waals surface area contributed by atoms with Crippen LogP contribution in [0.15, 0.2) is 30.9 Å². The number of aliphatic hydroxyl groups is 1. The third kappa shape index (κ3) is 3.74. The summed E-state index contributed by atoms with van der Waals surface area (Å²) < 4.78 is 10.5. The first kappa shape index (κ1) is 14.4. The molecular formula is C15H19NO4. The van der Waals surface area contributed by atoms with Gasteiger partial charge in [0, 0.05) is 13.0 Å². The number of carbonyl (C=O) groups is 1. The Balaban J connectivity index is 1.78. The second-order valence-corrected chi connectivity index (χ2v) is 4.59. The van der Waals surface area contributed by atoms with Gasteiger partial charge < -0.3 is 19.9 Å². The molecule has 0 saturated carbocycles. The van der Waals surface area contributed by atoms with Crippen LogP contribution >= 0.6 is 0 Å². The van der Waals surface area contributed by atoms with Gasteiger partial charge >= 0.3 is 0 Å². The number of ether oxygens (including phenoxy) is 2. The molecule has 0 radical (unpaired) electrons. The van der Waals surface area contributed by atoms with Gasteiger partial charge in [-0.25, -0.2) is 0 Å². The number of fused-ring (bicyclic) bond motifs is 1. The molecule has 2 rings (SSSR count). The molecule has 0 aromatic heterocycles. The fourth-order valence-corrected chi connectivity index (χ4v) is 1.96. The molecule has 0 spiro atoms. The van der Waals surface area contributed by atoms with Crippen LogP contribution in [0.5, 0.6) is 11.5 Å². The molecule has 0 saturated heterocycles. The van der Waals surface area contributed by atoms with E-state index in [1.807, 2.05) is 0 Å². The Morgan fingerprint density at radius 1 is 1.45 bits per heavy atom. The quantitative estimate of drug-likeness (QED) is 0.747. The third-order valence-corrected chi connectivity index (χ3v) is 3.10. The summed E-state index contributed by atoms with van der Waals surface area (Å²) in [7, 11) is 0. The van der Waals surface area contributed by atoms with Crippen LogP contribution in [-0.2, 0) is 4.79 Å². The minimum Gasteiger partial charge on any atom is -0.454 e. The number of nitrogens with one attached hydrogen (secondary N) is 1. The number of carbonyl (C=O) groups excluding carboxylic acids is 1. The highest BCUT2D eigenvalue weighted by molar-refractivity contribution is 5.75. The first-order valence-corrected chi connectivity index (χ1v) is 6.66. The summed E-state index contributed by atoms with van der Waals surface area (Å²) in [6.07, 6.45) is 2.63. The van der Waals surface area contributed by atoms with Crippen LogP contribution < -0.4 is 14.8 Å². The van der Waals surface area contributed by atoms with E-state index in [0.29, 0.717) is 37.3 Å². The maximum atomic E-state index is 11.4. The minimum atomic E-state index is -0.635. The highest BCUT2D eigenvalue weighted by Gasteiger charge is 2.16. The molecule has 0 aliphatic carbocycles. The summed E-state index contributed by atoms with van der Waals surface area (Å²) >= 11 is 0. The fourth-order valence-electron chi connectivity index (χ4n) is 1.96. The van der Waals surface area contributed by atoms with Gasteiger partial charge in [0.05, 0.1) is 6.10 Å². The Morgan fingerprint density at radius 3 is 3.05 bits per heavy atom. The molecule has 5 heteroatoms. The van der Waals surface area contributed by atoms with E-state index in [1.54, 1.807) is 24.3 Å². The number of allylic oxidation sites excluding steroid dienone is 1. The average molecular weight is 277 g/mol. The van der Waals surface area contributed by atoms with Gasteiger partial charge in [-0.2, -0.15) is 0 Å². The summed E-state index contributed by atoms with van der Waals surface area (Å²) in [4.78, 5) is 11.4. The Morgan fingerprint density at radius 2 is 2.25 bits per heavy atom. The summed E-state index contributed by atoms with van der Waals surface area (Å²) in [5.74, 6) is 1.32. The van der Waals surface area contributed by atoms with Crippen LogP contribution in [-0.4, -0.2) is 24.4 Å². The standard InChI is InChI=1S/C15H19NO4/c1-2-3-4-15(18)16-8-7-12(17)11-5-6-13-14(9-11)20-10-19-13/h2,5-6,9,12,17H,1,3-4,7-8,10H2,(H,16,18). The van der Waals surface area contributed by atoms with Crippen LogP contribution in [0.4, 0.5) is 0 Å². The molecule has 1 aliphatic heterocycles. The molecule has 1 atom stereocenters. The normalized spacial score (nSPS) is 13.8. The van der Waals surface area contributed by atoms with Crippen molar-refractivity contribution in [2.45, 2.75) is 25.4 Å². The molecule has 1 amide bonds. The lowest BCUT2D eigenvalue weighted by molar-refractivity contribution is -0.121. The van der Waals surface area contributed by atoms with Crippen LogP contribution in [0.2, 0.25) is 0 Å². The van der Waals surface area contributed by atoms with Crippen LogP contribution in [0, 0.1) is 0 Å². The van der Waals surface area contributed by atoms with Crippen LogP contribution in [0.3, 0.4) is 0 Å². The predicted molar refractivity (Wildman–Crippen MR) is 74.6 cm³/mol. The molecule has 5 nitrogen and oxygen atoms in total. The van der Waals surface area contributed by atoms with Crippen molar-refractivity contribution in [1.82, 2.24) is 5.32 Å². The lowest BCUT2D eigenvalue weighted by Crippen LogP contribution is -2.25. The van der Waals surface area contributed by atoms with Gasteiger partial charge in [-0.05, 0) is 30.5 Å².